The Labute approximate surface area is 180 Å². The van der Waals surface area contributed by atoms with E-state index in [0.717, 1.165) is 28.8 Å². The molecule has 160 valence electrons. The Hall–Kier alpha value is -3.72. The maximum atomic E-state index is 6.05. The summed E-state index contributed by atoms with van der Waals surface area (Å²) < 4.78 is 13.5. The Balaban J connectivity index is 1.54. The van der Waals surface area contributed by atoms with Crippen LogP contribution in [0.2, 0.25) is 0 Å². The summed E-state index contributed by atoms with van der Waals surface area (Å²) in [5, 5.41) is 8.40. The van der Waals surface area contributed by atoms with Crippen molar-refractivity contribution in [3.05, 3.63) is 54.6 Å². The molecule has 0 aliphatic rings. The molecular formula is C22H25N7O2. The molecular weight excluding hydrogens is 394 g/mol. The van der Waals surface area contributed by atoms with Crippen molar-refractivity contribution in [2.75, 3.05) is 32.6 Å². The fraction of sp³-hybridized carbons (Fsp3) is 0.273. The minimum absolute atomic E-state index is 0.524. The number of hydrogen-bond donors (Lipinski definition) is 1. The first-order valence-electron chi connectivity index (χ1n) is 9.91. The molecule has 1 N–H and O–H groups in total. The molecule has 1 aromatic carbocycles. The van der Waals surface area contributed by atoms with Gasteiger partial charge in [0.1, 0.15) is 30.3 Å². The van der Waals surface area contributed by atoms with E-state index in [1.54, 1.807) is 10.9 Å². The van der Waals surface area contributed by atoms with E-state index in [0.29, 0.717) is 29.9 Å². The molecule has 4 rings (SSSR count). The van der Waals surface area contributed by atoms with E-state index >= 15 is 0 Å². The van der Waals surface area contributed by atoms with E-state index in [1.807, 2.05) is 64.6 Å². The summed E-state index contributed by atoms with van der Waals surface area (Å²) in [6.07, 6.45) is 5.06. The molecule has 0 radical (unpaired) electrons. The minimum atomic E-state index is 0.524. The summed E-state index contributed by atoms with van der Waals surface area (Å²) in [5.41, 5.74) is 1.69. The van der Waals surface area contributed by atoms with E-state index in [1.165, 1.54) is 6.33 Å². The predicted molar refractivity (Wildman–Crippen MR) is 119 cm³/mol. The summed E-state index contributed by atoms with van der Waals surface area (Å²) in [4.78, 5) is 15.2. The first-order chi connectivity index (χ1) is 15.0. The minimum Gasteiger partial charge on any atom is -0.491 e. The third-order valence-electron chi connectivity index (χ3n) is 4.59. The lowest BCUT2D eigenvalue weighted by Gasteiger charge is -2.13. The number of likely N-dealkylation sites (N-methyl/N-ethyl adjacent to an activating group) is 1. The van der Waals surface area contributed by atoms with Gasteiger partial charge in [0.25, 0.3) is 0 Å². The Morgan fingerprint density at radius 2 is 1.94 bits per heavy atom. The summed E-state index contributed by atoms with van der Waals surface area (Å²) in [7, 11) is 5.88. The van der Waals surface area contributed by atoms with Crippen LogP contribution in [0.3, 0.4) is 0 Å². The molecule has 4 aromatic rings. The first kappa shape index (κ1) is 20.5. The van der Waals surface area contributed by atoms with Gasteiger partial charge in [-0.2, -0.15) is 5.10 Å². The number of hydrogen-bond acceptors (Lipinski definition) is 8. The molecule has 9 heteroatoms. The number of nitrogens with zero attached hydrogens (tertiary/aromatic N) is 6. The highest BCUT2D eigenvalue weighted by molar-refractivity contribution is 5.91. The van der Waals surface area contributed by atoms with Crippen molar-refractivity contribution in [2.24, 2.45) is 7.05 Å². The molecule has 0 spiro atoms. The summed E-state index contributed by atoms with van der Waals surface area (Å²) in [6, 6.07) is 9.45. The topological polar surface area (TPSA) is 90.2 Å². The zero-order valence-electron chi connectivity index (χ0n) is 18.0. The maximum Gasteiger partial charge on any atom is 0.222 e. The van der Waals surface area contributed by atoms with E-state index in [9.17, 15) is 0 Å². The van der Waals surface area contributed by atoms with Crippen LogP contribution in [-0.2, 0) is 7.05 Å². The Morgan fingerprint density at radius 1 is 1.06 bits per heavy atom. The third-order valence-corrected chi connectivity index (χ3v) is 4.59. The van der Waals surface area contributed by atoms with Gasteiger partial charge in [0, 0.05) is 36.8 Å². The van der Waals surface area contributed by atoms with Gasteiger partial charge in [0.15, 0.2) is 5.82 Å². The fourth-order valence-electron chi connectivity index (χ4n) is 2.98. The first-order valence-corrected chi connectivity index (χ1v) is 9.91. The lowest BCUT2D eigenvalue weighted by molar-refractivity contribution is 0.260. The molecule has 3 heterocycles. The number of nitrogens with one attached hydrogen (secondary N) is 1. The van der Waals surface area contributed by atoms with Crippen molar-refractivity contribution in [3.63, 3.8) is 0 Å². The van der Waals surface area contributed by atoms with Crippen LogP contribution >= 0.6 is 0 Å². The summed E-state index contributed by atoms with van der Waals surface area (Å²) in [6.45, 7) is 3.38. The average Bonchev–Trinajstić information content (AvgIpc) is 3.15. The molecule has 0 aliphatic heterocycles. The second-order valence-electron chi connectivity index (χ2n) is 7.45. The molecule has 0 aliphatic carbocycles. The van der Waals surface area contributed by atoms with E-state index in [4.69, 9.17) is 9.47 Å². The average molecular weight is 419 g/mol. The number of fused-ring (bicyclic) bond motifs is 1. The van der Waals surface area contributed by atoms with Crippen LogP contribution < -0.4 is 14.8 Å². The Kier molecular flexibility index (Phi) is 5.94. The highest BCUT2D eigenvalue weighted by atomic mass is 16.5. The summed E-state index contributed by atoms with van der Waals surface area (Å²) in [5.74, 6) is 3.25. The number of aromatic nitrogens is 5. The van der Waals surface area contributed by atoms with E-state index in [-0.39, 0.29) is 0 Å². The van der Waals surface area contributed by atoms with Crippen LogP contribution in [0.1, 0.15) is 5.56 Å². The van der Waals surface area contributed by atoms with Gasteiger partial charge >= 0.3 is 0 Å². The standard InChI is InChI=1S/C22H25N7O2/c1-15-11-17(30-10-9-28(2)3)13-23-22(15)31-16-5-6-19-18(12-16)21(25-14-24-19)26-20-7-8-29(4)27-20/h5-8,11-14H,9-10H2,1-4H3,(H,24,25,26,27). The zero-order chi connectivity index (χ0) is 21.8. The van der Waals surface area contributed by atoms with Crippen LogP contribution in [0.5, 0.6) is 17.4 Å². The van der Waals surface area contributed by atoms with Gasteiger partial charge in [0.2, 0.25) is 5.88 Å². The molecule has 0 atom stereocenters. The highest BCUT2D eigenvalue weighted by Gasteiger charge is 2.10. The number of aryl methyl sites for hydroxylation is 2. The highest BCUT2D eigenvalue weighted by Crippen LogP contribution is 2.30. The lowest BCUT2D eigenvalue weighted by Crippen LogP contribution is -2.19. The van der Waals surface area contributed by atoms with Gasteiger partial charge in [-0.25, -0.2) is 15.0 Å². The number of anilines is 2. The van der Waals surface area contributed by atoms with Crippen molar-refractivity contribution in [2.45, 2.75) is 6.92 Å². The zero-order valence-corrected chi connectivity index (χ0v) is 18.0. The second kappa shape index (κ2) is 8.97. The number of benzene rings is 1. The third kappa shape index (κ3) is 5.07. The van der Waals surface area contributed by atoms with Crippen LogP contribution in [0, 0.1) is 6.92 Å². The van der Waals surface area contributed by atoms with Crippen LogP contribution in [0.4, 0.5) is 11.6 Å². The van der Waals surface area contributed by atoms with Crippen LogP contribution in [0.15, 0.2) is 49.1 Å². The van der Waals surface area contributed by atoms with Crippen LogP contribution in [0.25, 0.3) is 10.9 Å². The van der Waals surface area contributed by atoms with Gasteiger partial charge in [-0.15, -0.1) is 0 Å². The number of pyridine rings is 1. The monoisotopic (exact) mass is 419 g/mol. The summed E-state index contributed by atoms with van der Waals surface area (Å²) >= 11 is 0. The number of ether oxygens (including phenoxy) is 2. The normalized spacial score (nSPS) is 11.1. The molecule has 31 heavy (non-hydrogen) atoms. The molecule has 3 aromatic heterocycles. The lowest BCUT2D eigenvalue weighted by atomic mass is 10.2. The van der Waals surface area contributed by atoms with E-state index in [2.05, 4.69) is 30.3 Å². The molecule has 0 amide bonds. The quantitative estimate of drug-likeness (QED) is 0.464. The van der Waals surface area contributed by atoms with Crippen molar-refractivity contribution in [1.29, 1.82) is 0 Å². The fourth-order valence-corrected chi connectivity index (χ4v) is 2.98. The van der Waals surface area contributed by atoms with E-state index < -0.39 is 0 Å². The van der Waals surface area contributed by atoms with Crippen molar-refractivity contribution < 1.29 is 9.47 Å². The molecule has 0 unspecified atom stereocenters. The van der Waals surface area contributed by atoms with Gasteiger partial charge in [-0.1, -0.05) is 0 Å². The number of rotatable bonds is 8. The van der Waals surface area contributed by atoms with Crippen molar-refractivity contribution in [3.8, 4) is 17.4 Å². The van der Waals surface area contributed by atoms with Gasteiger partial charge in [-0.05, 0) is 45.3 Å². The van der Waals surface area contributed by atoms with Crippen molar-refractivity contribution >= 4 is 22.5 Å². The van der Waals surface area contributed by atoms with Crippen molar-refractivity contribution in [1.82, 2.24) is 29.6 Å². The largest absolute Gasteiger partial charge is 0.491 e. The molecule has 0 fully saturated rings. The molecule has 9 nitrogen and oxygen atoms in total. The smallest absolute Gasteiger partial charge is 0.222 e. The SMILES string of the molecule is Cc1cc(OCCN(C)C)cnc1Oc1ccc2ncnc(Nc3ccn(C)n3)c2c1. The molecule has 0 bridgehead atoms. The Bertz CT molecular complexity index is 1190. The second-order valence-corrected chi connectivity index (χ2v) is 7.45. The Morgan fingerprint density at radius 3 is 2.68 bits per heavy atom. The van der Waals surface area contributed by atoms with Crippen LogP contribution in [-0.4, -0.2) is 56.9 Å². The molecule has 0 saturated carbocycles. The van der Waals surface area contributed by atoms with Gasteiger partial charge in [0.05, 0.1) is 11.7 Å². The maximum absolute atomic E-state index is 6.05. The van der Waals surface area contributed by atoms with Gasteiger partial charge < -0.3 is 19.7 Å². The predicted octanol–water partition coefficient (Wildman–Crippen LogP) is 3.54. The van der Waals surface area contributed by atoms with Gasteiger partial charge in [-0.3, -0.25) is 4.68 Å². The molecule has 0 saturated heterocycles.